The van der Waals surface area contributed by atoms with Crippen molar-refractivity contribution in [1.82, 2.24) is 19.9 Å². The van der Waals surface area contributed by atoms with Gasteiger partial charge in [0, 0.05) is 18.1 Å². The lowest BCUT2D eigenvalue weighted by molar-refractivity contribution is 0.0777. The van der Waals surface area contributed by atoms with Gasteiger partial charge in [-0.3, -0.25) is 4.79 Å². The molecule has 7 heteroatoms. The Bertz CT molecular complexity index is 593. The van der Waals surface area contributed by atoms with Gasteiger partial charge in [0.1, 0.15) is 5.69 Å². The molecule has 2 aromatic rings. The molecule has 0 bridgehead atoms. The number of hydrogen-bond acceptors (Lipinski definition) is 5. The van der Waals surface area contributed by atoms with Crippen LogP contribution < -0.4 is 0 Å². The molecule has 0 fully saturated rings. The van der Waals surface area contributed by atoms with Gasteiger partial charge in [-0.2, -0.15) is 0 Å². The number of halogens is 1. The van der Waals surface area contributed by atoms with Gasteiger partial charge in [0.15, 0.2) is 0 Å². The van der Waals surface area contributed by atoms with Crippen LogP contribution in [-0.4, -0.2) is 32.8 Å². The normalized spacial score (nSPS) is 10.5. The number of aryl methyl sites for hydroxylation is 2. The summed E-state index contributed by atoms with van der Waals surface area (Å²) in [6, 6.07) is 1.62. The van der Waals surface area contributed by atoms with Crippen molar-refractivity contribution in [3.63, 3.8) is 0 Å². The highest BCUT2D eigenvalue weighted by Crippen LogP contribution is 2.12. The van der Waals surface area contributed by atoms with Gasteiger partial charge in [-0.15, -0.1) is 11.3 Å². The van der Waals surface area contributed by atoms with Crippen LogP contribution in [0.1, 0.15) is 26.9 Å². The molecule has 0 saturated carbocycles. The zero-order chi connectivity index (χ0) is 14.0. The quantitative estimate of drug-likeness (QED) is 0.817. The average molecular weight is 297 g/mol. The molecule has 19 heavy (non-hydrogen) atoms. The summed E-state index contributed by atoms with van der Waals surface area (Å²) in [5.74, 6) is -0.196. The first kappa shape index (κ1) is 13.9. The summed E-state index contributed by atoms with van der Waals surface area (Å²) < 4.78 is 0. The van der Waals surface area contributed by atoms with Crippen LogP contribution in [0.5, 0.6) is 0 Å². The van der Waals surface area contributed by atoms with Gasteiger partial charge in [-0.1, -0.05) is 0 Å². The third-order valence-electron chi connectivity index (χ3n) is 2.46. The predicted octanol–water partition coefficient (Wildman–Crippen LogP) is 2.48. The van der Waals surface area contributed by atoms with E-state index in [9.17, 15) is 4.79 Å². The van der Waals surface area contributed by atoms with Crippen LogP contribution in [0, 0.1) is 13.8 Å². The molecule has 0 aliphatic heterocycles. The molecule has 0 aliphatic rings. The second-order valence-electron chi connectivity index (χ2n) is 4.18. The second-order valence-corrected chi connectivity index (χ2v) is 5.58. The Kier molecular flexibility index (Phi) is 4.11. The van der Waals surface area contributed by atoms with Crippen LogP contribution >= 0.6 is 22.9 Å². The molecule has 0 unspecified atom stereocenters. The number of nitrogens with zero attached hydrogens (tertiary/aromatic N) is 4. The van der Waals surface area contributed by atoms with E-state index in [0.29, 0.717) is 17.9 Å². The number of thiazole rings is 1. The molecule has 0 spiro atoms. The van der Waals surface area contributed by atoms with Crippen LogP contribution in [-0.2, 0) is 6.54 Å². The summed E-state index contributed by atoms with van der Waals surface area (Å²) >= 11 is 7.32. The minimum Gasteiger partial charge on any atom is -0.334 e. The number of hydrogen-bond donors (Lipinski definition) is 0. The van der Waals surface area contributed by atoms with Crippen molar-refractivity contribution in [2.75, 3.05) is 7.05 Å². The van der Waals surface area contributed by atoms with E-state index in [2.05, 4.69) is 15.0 Å². The van der Waals surface area contributed by atoms with Crippen molar-refractivity contribution in [2.24, 2.45) is 0 Å². The van der Waals surface area contributed by atoms with E-state index in [0.717, 1.165) is 10.7 Å². The van der Waals surface area contributed by atoms with E-state index in [1.165, 1.54) is 0 Å². The van der Waals surface area contributed by atoms with Crippen molar-refractivity contribution in [3.05, 3.63) is 38.8 Å². The van der Waals surface area contributed by atoms with E-state index in [4.69, 9.17) is 11.6 Å². The molecular formula is C12H13ClN4OS. The fourth-order valence-corrected chi connectivity index (χ4v) is 2.46. The molecule has 0 atom stereocenters. The minimum absolute atomic E-state index is 0.0845. The first-order chi connectivity index (χ1) is 8.95. The maximum Gasteiger partial charge on any atom is 0.272 e. The first-order valence-corrected chi connectivity index (χ1v) is 6.89. The molecule has 2 heterocycles. The van der Waals surface area contributed by atoms with Gasteiger partial charge in [-0.05, 0) is 31.5 Å². The van der Waals surface area contributed by atoms with Gasteiger partial charge >= 0.3 is 0 Å². The van der Waals surface area contributed by atoms with Crippen molar-refractivity contribution in [3.8, 4) is 0 Å². The summed E-state index contributed by atoms with van der Waals surface area (Å²) in [4.78, 5) is 26.0. The van der Waals surface area contributed by atoms with Gasteiger partial charge in [0.05, 0.1) is 17.2 Å². The van der Waals surface area contributed by atoms with Gasteiger partial charge < -0.3 is 4.90 Å². The van der Waals surface area contributed by atoms with Crippen LogP contribution in [0.4, 0.5) is 0 Å². The number of carbonyl (C=O) groups is 1. The molecule has 1 amide bonds. The van der Waals surface area contributed by atoms with E-state index in [1.54, 1.807) is 36.3 Å². The van der Waals surface area contributed by atoms with Crippen LogP contribution in [0.2, 0.25) is 5.28 Å². The number of carbonyl (C=O) groups excluding carboxylic acids is 1. The molecule has 2 aromatic heterocycles. The lowest BCUT2D eigenvalue weighted by Gasteiger charge is -2.15. The molecule has 0 aliphatic carbocycles. The van der Waals surface area contributed by atoms with E-state index < -0.39 is 0 Å². The zero-order valence-electron chi connectivity index (χ0n) is 10.8. The molecule has 2 rings (SSSR count). The Morgan fingerprint density at radius 3 is 2.68 bits per heavy atom. The number of amides is 1. The monoisotopic (exact) mass is 296 g/mol. The van der Waals surface area contributed by atoms with Gasteiger partial charge in [0.2, 0.25) is 5.28 Å². The van der Waals surface area contributed by atoms with Crippen molar-refractivity contribution < 1.29 is 4.79 Å². The zero-order valence-corrected chi connectivity index (χ0v) is 12.4. The molecule has 100 valence electrons. The molecule has 0 aromatic carbocycles. The van der Waals surface area contributed by atoms with Crippen molar-refractivity contribution in [2.45, 2.75) is 20.4 Å². The molecule has 0 N–H and O–H groups in total. The lowest BCUT2D eigenvalue weighted by atomic mass is 10.3. The largest absolute Gasteiger partial charge is 0.334 e. The Labute approximate surface area is 120 Å². The minimum atomic E-state index is -0.196. The summed E-state index contributed by atoms with van der Waals surface area (Å²) in [5, 5.41) is 3.01. The van der Waals surface area contributed by atoms with E-state index in [1.807, 2.05) is 12.3 Å². The van der Waals surface area contributed by atoms with Crippen LogP contribution in [0.25, 0.3) is 0 Å². The SMILES string of the molecule is Cc1cc(C(=O)N(C)Cc2csc(C)n2)nc(Cl)n1. The summed E-state index contributed by atoms with van der Waals surface area (Å²) in [5.41, 5.74) is 1.84. The van der Waals surface area contributed by atoms with Gasteiger partial charge in [0.25, 0.3) is 5.91 Å². The topological polar surface area (TPSA) is 59.0 Å². The smallest absolute Gasteiger partial charge is 0.272 e. The van der Waals surface area contributed by atoms with Crippen LogP contribution in [0.3, 0.4) is 0 Å². The number of aromatic nitrogens is 3. The summed E-state index contributed by atoms with van der Waals surface area (Å²) in [6.07, 6.45) is 0. The summed E-state index contributed by atoms with van der Waals surface area (Å²) in [7, 11) is 1.71. The Hall–Kier alpha value is -1.53. The molecular weight excluding hydrogens is 284 g/mol. The Balaban J connectivity index is 2.14. The summed E-state index contributed by atoms with van der Waals surface area (Å²) in [6.45, 7) is 4.15. The van der Waals surface area contributed by atoms with Gasteiger partial charge in [-0.25, -0.2) is 15.0 Å². The first-order valence-electron chi connectivity index (χ1n) is 5.63. The fraction of sp³-hybridized carbons (Fsp3) is 0.333. The molecule has 5 nitrogen and oxygen atoms in total. The third-order valence-corrected chi connectivity index (χ3v) is 3.45. The highest BCUT2D eigenvalue weighted by atomic mass is 35.5. The fourth-order valence-electron chi connectivity index (χ4n) is 1.63. The Morgan fingerprint density at radius 1 is 1.37 bits per heavy atom. The Morgan fingerprint density at radius 2 is 2.11 bits per heavy atom. The number of rotatable bonds is 3. The molecule has 0 radical (unpaired) electrons. The highest BCUT2D eigenvalue weighted by molar-refractivity contribution is 7.09. The third kappa shape index (κ3) is 3.48. The maximum atomic E-state index is 12.2. The standard InChI is InChI=1S/C12H13ClN4OS/c1-7-4-10(16-12(13)14-7)11(18)17(3)5-9-6-19-8(2)15-9/h4,6H,5H2,1-3H3. The van der Waals surface area contributed by atoms with E-state index in [-0.39, 0.29) is 11.2 Å². The van der Waals surface area contributed by atoms with Crippen molar-refractivity contribution in [1.29, 1.82) is 0 Å². The second kappa shape index (κ2) is 5.63. The molecule has 0 saturated heterocycles. The maximum absolute atomic E-state index is 12.2. The average Bonchev–Trinajstić information content (AvgIpc) is 2.72. The predicted molar refractivity (Wildman–Crippen MR) is 74.4 cm³/mol. The van der Waals surface area contributed by atoms with Crippen molar-refractivity contribution >= 4 is 28.8 Å². The van der Waals surface area contributed by atoms with Crippen LogP contribution in [0.15, 0.2) is 11.4 Å². The lowest BCUT2D eigenvalue weighted by Crippen LogP contribution is -2.27. The highest BCUT2D eigenvalue weighted by Gasteiger charge is 2.16. The van der Waals surface area contributed by atoms with E-state index >= 15 is 0 Å².